The first kappa shape index (κ1) is 17.5. The third-order valence-electron chi connectivity index (χ3n) is 5.26. The van der Waals surface area contributed by atoms with Gasteiger partial charge in [-0.2, -0.15) is 0 Å². The fourth-order valence-electron chi connectivity index (χ4n) is 4.01. The Morgan fingerprint density at radius 1 is 1.11 bits per heavy atom. The second-order valence-corrected chi connectivity index (χ2v) is 8.01. The molecule has 0 saturated carbocycles. The molecule has 5 heteroatoms. The number of phenolic OH excluding ortho intramolecular Hbond substituents is 1. The summed E-state index contributed by atoms with van der Waals surface area (Å²) in [4.78, 5) is 13.1. The number of hydrogen-bond acceptors (Lipinski definition) is 5. The van der Waals surface area contributed by atoms with Gasteiger partial charge in [0.1, 0.15) is 0 Å². The maximum atomic E-state index is 13.1. The summed E-state index contributed by atoms with van der Waals surface area (Å²) in [5.74, 6) is 0.621. The summed E-state index contributed by atoms with van der Waals surface area (Å²) in [7, 11) is 1.52. The number of phenols is 1. The van der Waals surface area contributed by atoms with Gasteiger partial charge >= 0.3 is 0 Å². The molecule has 3 N–H and O–H groups in total. The molecule has 27 heavy (non-hydrogen) atoms. The molecule has 1 atom stereocenters. The van der Waals surface area contributed by atoms with Crippen molar-refractivity contribution in [2.75, 3.05) is 17.7 Å². The number of anilines is 2. The number of benzene rings is 2. The molecule has 5 nitrogen and oxygen atoms in total. The van der Waals surface area contributed by atoms with E-state index in [0.717, 1.165) is 34.6 Å². The van der Waals surface area contributed by atoms with E-state index in [0.29, 0.717) is 12.2 Å². The van der Waals surface area contributed by atoms with Gasteiger partial charge in [-0.1, -0.05) is 32.0 Å². The van der Waals surface area contributed by atoms with Crippen molar-refractivity contribution in [2.24, 2.45) is 5.41 Å². The highest BCUT2D eigenvalue weighted by atomic mass is 16.5. The van der Waals surface area contributed by atoms with Crippen molar-refractivity contribution in [3.05, 3.63) is 59.3 Å². The largest absolute Gasteiger partial charge is 0.504 e. The third kappa shape index (κ3) is 3.14. The van der Waals surface area contributed by atoms with E-state index in [2.05, 4.69) is 24.5 Å². The quantitative estimate of drug-likeness (QED) is 0.725. The van der Waals surface area contributed by atoms with Crippen molar-refractivity contribution in [2.45, 2.75) is 32.7 Å². The first-order valence-corrected chi connectivity index (χ1v) is 9.14. The number of carbonyl (C=O) groups is 1. The zero-order valence-electron chi connectivity index (χ0n) is 15.8. The number of ketones is 1. The lowest BCUT2D eigenvalue weighted by atomic mass is 9.73. The summed E-state index contributed by atoms with van der Waals surface area (Å²) >= 11 is 0. The number of rotatable bonds is 2. The second kappa shape index (κ2) is 6.34. The van der Waals surface area contributed by atoms with Crippen molar-refractivity contribution in [1.29, 1.82) is 0 Å². The van der Waals surface area contributed by atoms with E-state index in [4.69, 9.17) is 4.74 Å². The van der Waals surface area contributed by atoms with Gasteiger partial charge in [-0.3, -0.25) is 4.79 Å². The Bertz CT molecular complexity index is 946. The highest BCUT2D eigenvalue weighted by molar-refractivity contribution is 6.01. The van der Waals surface area contributed by atoms with E-state index >= 15 is 0 Å². The van der Waals surface area contributed by atoms with Gasteiger partial charge in [0.05, 0.1) is 24.5 Å². The molecule has 4 rings (SSSR count). The molecule has 1 aliphatic heterocycles. The van der Waals surface area contributed by atoms with Gasteiger partial charge in [-0.25, -0.2) is 0 Å². The molecule has 0 amide bonds. The van der Waals surface area contributed by atoms with Gasteiger partial charge in [0.25, 0.3) is 0 Å². The summed E-state index contributed by atoms with van der Waals surface area (Å²) in [6.07, 6.45) is 1.31. The number of aromatic hydroxyl groups is 1. The normalized spacial score (nSPS) is 20.7. The van der Waals surface area contributed by atoms with Gasteiger partial charge in [0.15, 0.2) is 17.3 Å². The van der Waals surface area contributed by atoms with Crippen LogP contribution in [-0.2, 0) is 4.79 Å². The summed E-state index contributed by atoms with van der Waals surface area (Å²) < 4.78 is 5.28. The molecular weight excluding hydrogens is 340 g/mol. The Morgan fingerprint density at radius 3 is 2.59 bits per heavy atom. The minimum absolute atomic E-state index is 0.0821. The smallest absolute Gasteiger partial charge is 0.163 e. The molecular formula is C22H24N2O3. The average molecular weight is 364 g/mol. The van der Waals surface area contributed by atoms with Gasteiger partial charge in [-0.15, -0.1) is 0 Å². The molecule has 140 valence electrons. The molecule has 0 aromatic heterocycles. The third-order valence-corrected chi connectivity index (χ3v) is 5.26. The Labute approximate surface area is 159 Å². The summed E-state index contributed by atoms with van der Waals surface area (Å²) in [6.45, 7) is 4.25. The Hall–Kier alpha value is -2.95. The number of fused-ring (bicyclic) bond motifs is 1. The van der Waals surface area contributed by atoms with Crippen LogP contribution in [0.15, 0.2) is 53.7 Å². The van der Waals surface area contributed by atoms with Crippen LogP contribution in [0.4, 0.5) is 11.4 Å². The number of ether oxygens (including phenoxy) is 1. The van der Waals surface area contributed by atoms with Crippen LogP contribution < -0.4 is 15.4 Å². The highest BCUT2D eigenvalue weighted by Gasteiger charge is 2.38. The first-order chi connectivity index (χ1) is 12.9. The Kier molecular flexibility index (Phi) is 4.10. The fourth-order valence-corrected chi connectivity index (χ4v) is 4.01. The number of para-hydroxylation sites is 2. The van der Waals surface area contributed by atoms with Crippen molar-refractivity contribution in [3.8, 4) is 11.5 Å². The number of allylic oxidation sites excluding steroid dienone is 1. The number of Topliss-reactive ketones (excluding diaryl/α,β-unsaturated/α-hetero) is 1. The van der Waals surface area contributed by atoms with Crippen LogP contribution in [0.3, 0.4) is 0 Å². The molecule has 0 spiro atoms. The zero-order valence-corrected chi connectivity index (χ0v) is 15.8. The van der Waals surface area contributed by atoms with Crippen LogP contribution in [-0.4, -0.2) is 18.0 Å². The number of carbonyl (C=O) groups excluding carboxylic acids is 1. The van der Waals surface area contributed by atoms with E-state index in [1.165, 1.54) is 7.11 Å². The van der Waals surface area contributed by atoms with Crippen LogP contribution in [0.2, 0.25) is 0 Å². The summed E-state index contributed by atoms with van der Waals surface area (Å²) in [5, 5.41) is 17.0. The monoisotopic (exact) mass is 364 g/mol. The Morgan fingerprint density at radius 2 is 1.85 bits per heavy atom. The topological polar surface area (TPSA) is 70.6 Å². The van der Waals surface area contributed by atoms with Gasteiger partial charge < -0.3 is 20.5 Å². The van der Waals surface area contributed by atoms with Crippen molar-refractivity contribution >= 4 is 17.2 Å². The predicted octanol–water partition coefficient (Wildman–Crippen LogP) is 4.62. The summed E-state index contributed by atoms with van der Waals surface area (Å²) in [5.41, 5.74) is 4.42. The zero-order chi connectivity index (χ0) is 19.2. The van der Waals surface area contributed by atoms with Crippen molar-refractivity contribution < 1.29 is 14.6 Å². The molecule has 0 bridgehead atoms. The number of nitrogens with one attached hydrogen (secondary N) is 2. The lowest BCUT2D eigenvalue weighted by Gasteiger charge is -2.34. The molecule has 2 aliphatic rings. The van der Waals surface area contributed by atoms with E-state index in [-0.39, 0.29) is 23.0 Å². The summed E-state index contributed by atoms with van der Waals surface area (Å²) in [6, 6.07) is 12.9. The standard InChI is InChI=1S/C22H24N2O3/c1-22(2)11-16-20(18(26)12-22)21(13-8-9-17(25)19(10-13)27-3)24-15-7-5-4-6-14(15)23-16/h4-10,21,23-25H,11-12H2,1-3H3/t21-/m0/s1. The Balaban J connectivity index is 1.89. The SMILES string of the molecule is COc1cc([C@@H]2Nc3ccccc3NC3=C2C(=O)CC(C)(C)C3)ccc1O. The van der Waals surface area contributed by atoms with Gasteiger partial charge in [0.2, 0.25) is 0 Å². The highest BCUT2D eigenvalue weighted by Crippen LogP contribution is 2.46. The van der Waals surface area contributed by atoms with Gasteiger partial charge in [0, 0.05) is 17.7 Å². The molecule has 0 radical (unpaired) electrons. The van der Waals surface area contributed by atoms with E-state index in [1.54, 1.807) is 12.1 Å². The minimum atomic E-state index is -0.311. The van der Waals surface area contributed by atoms with Crippen LogP contribution in [0, 0.1) is 5.41 Å². The van der Waals surface area contributed by atoms with Gasteiger partial charge in [-0.05, 0) is 41.7 Å². The maximum Gasteiger partial charge on any atom is 0.163 e. The molecule has 0 fully saturated rings. The molecule has 1 aliphatic carbocycles. The van der Waals surface area contributed by atoms with Crippen LogP contribution in [0.5, 0.6) is 11.5 Å². The maximum absolute atomic E-state index is 13.1. The fraction of sp³-hybridized carbons (Fsp3) is 0.318. The van der Waals surface area contributed by atoms with E-state index < -0.39 is 0 Å². The van der Waals surface area contributed by atoms with E-state index in [9.17, 15) is 9.90 Å². The lowest BCUT2D eigenvalue weighted by Crippen LogP contribution is -2.31. The molecule has 0 unspecified atom stereocenters. The molecule has 1 heterocycles. The second-order valence-electron chi connectivity index (χ2n) is 8.01. The number of methoxy groups -OCH3 is 1. The molecule has 2 aromatic rings. The van der Waals surface area contributed by atoms with Crippen molar-refractivity contribution in [3.63, 3.8) is 0 Å². The average Bonchev–Trinajstić information content (AvgIpc) is 2.77. The number of hydrogen-bond donors (Lipinski definition) is 3. The molecule has 2 aromatic carbocycles. The first-order valence-electron chi connectivity index (χ1n) is 9.14. The lowest BCUT2D eigenvalue weighted by molar-refractivity contribution is -0.118. The molecule has 0 saturated heterocycles. The van der Waals surface area contributed by atoms with Crippen LogP contribution in [0.25, 0.3) is 0 Å². The predicted molar refractivity (Wildman–Crippen MR) is 106 cm³/mol. The van der Waals surface area contributed by atoms with Crippen LogP contribution >= 0.6 is 0 Å². The van der Waals surface area contributed by atoms with Crippen LogP contribution in [0.1, 0.15) is 38.3 Å². The minimum Gasteiger partial charge on any atom is -0.504 e. The van der Waals surface area contributed by atoms with E-state index in [1.807, 2.05) is 30.3 Å². The van der Waals surface area contributed by atoms with Crippen molar-refractivity contribution in [1.82, 2.24) is 0 Å².